The molecular weight excluding hydrogens is 336 g/mol. The van der Waals surface area contributed by atoms with Crippen molar-refractivity contribution in [1.82, 2.24) is 14.6 Å². The highest BCUT2D eigenvalue weighted by atomic mass is 35.5. The molecule has 8 heteroatoms. The number of benzene rings is 1. The summed E-state index contributed by atoms with van der Waals surface area (Å²) in [5, 5.41) is 7.57. The van der Waals surface area contributed by atoms with E-state index in [1.165, 1.54) is 11.3 Å². The third-order valence-electron chi connectivity index (χ3n) is 3.38. The second-order valence-electron chi connectivity index (χ2n) is 5.08. The number of carbonyl (C=O) groups excluding carboxylic acids is 1. The summed E-state index contributed by atoms with van der Waals surface area (Å²) in [4.78, 5) is 18.4. The van der Waals surface area contributed by atoms with E-state index in [2.05, 4.69) is 15.4 Å². The Morgan fingerprint density at radius 2 is 2.04 bits per heavy atom. The van der Waals surface area contributed by atoms with Crippen molar-refractivity contribution in [2.45, 2.75) is 26.9 Å². The zero-order valence-corrected chi connectivity index (χ0v) is 14.4. The van der Waals surface area contributed by atoms with Crippen molar-refractivity contribution in [1.29, 1.82) is 0 Å². The van der Waals surface area contributed by atoms with Gasteiger partial charge < -0.3 is 4.74 Å². The molecule has 0 saturated heterocycles. The molecule has 0 bridgehead atoms. The number of aryl methyl sites for hydroxylation is 2. The van der Waals surface area contributed by atoms with E-state index in [-0.39, 0.29) is 11.9 Å². The molecular formula is C15H15ClN4O2S. The molecule has 0 aliphatic heterocycles. The molecule has 0 radical (unpaired) electrons. The molecule has 3 aromatic rings. The largest absolute Gasteiger partial charge is 0.481 e. The fourth-order valence-electron chi connectivity index (χ4n) is 1.98. The van der Waals surface area contributed by atoms with Crippen molar-refractivity contribution in [2.75, 3.05) is 5.32 Å². The van der Waals surface area contributed by atoms with Gasteiger partial charge in [0.25, 0.3) is 11.9 Å². The fourth-order valence-corrected chi connectivity index (χ4v) is 3.01. The number of amides is 1. The van der Waals surface area contributed by atoms with Crippen LogP contribution in [0.5, 0.6) is 5.75 Å². The zero-order chi connectivity index (χ0) is 16.6. The van der Waals surface area contributed by atoms with Crippen LogP contribution < -0.4 is 10.1 Å². The normalized spacial score (nSPS) is 12.3. The molecule has 0 aliphatic rings. The number of thiazole rings is 1. The smallest absolute Gasteiger partial charge is 0.267 e. The molecule has 3 rings (SSSR count). The van der Waals surface area contributed by atoms with Crippen LogP contribution in [-0.4, -0.2) is 26.6 Å². The lowest BCUT2D eigenvalue weighted by Gasteiger charge is -2.13. The highest BCUT2D eigenvalue weighted by Gasteiger charge is 2.18. The average molecular weight is 351 g/mol. The summed E-state index contributed by atoms with van der Waals surface area (Å²) < 4.78 is 7.29. The number of nitrogens with zero attached hydrogens (tertiary/aromatic N) is 3. The summed E-state index contributed by atoms with van der Waals surface area (Å²) in [5.74, 6) is 0.533. The molecule has 1 unspecified atom stereocenters. The Labute approximate surface area is 142 Å². The van der Waals surface area contributed by atoms with E-state index in [9.17, 15) is 4.79 Å². The first kappa shape index (κ1) is 15.8. The van der Waals surface area contributed by atoms with Gasteiger partial charge in [0.05, 0.1) is 5.69 Å². The number of carbonyl (C=O) groups is 1. The Morgan fingerprint density at radius 1 is 1.35 bits per heavy atom. The Bertz CT molecular complexity index is 856. The van der Waals surface area contributed by atoms with E-state index < -0.39 is 6.10 Å². The third-order valence-corrected chi connectivity index (χ3v) is 4.68. The molecule has 1 N–H and O–H groups in total. The van der Waals surface area contributed by atoms with Gasteiger partial charge >= 0.3 is 0 Å². The standard InChI is InChI=1S/C15H15ClN4O2S/c1-8-10(3)23-15-18-14(19-20(8)15)17-13(21)9(2)22-12-6-4-11(16)5-7-12/h4-7,9H,1-3H3,(H,17,19,21). The second kappa shape index (κ2) is 6.17. The summed E-state index contributed by atoms with van der Waals surface area (Å²) >= 11 is 7.35. The van der Waals surface area contributed by atoms with Crippen LogP contribution >= 0.6 is 22.9 Å². The number of ether oxygens (including phenoxy) is 1. The molecule has 0 saturated carbocycles. The summed E-state index contributed by atoms with van der Waals surface area (Å²) in [7, 11) is 0. The van der Waals surface area contributed by atoms with E-state index in [1.54, 1.807) is 35.7 Å². The van der Waals surface area contributed by atoms with Crippen molar-refractivity contribution in [3.63, 3.8) is 0 Å². The van der Waals surface area contributed by atoms with Gasteiger partial charge in [-0.3, -0.25) is 10.1 Å². The van der Waals surface area contributed by atoms with Gasteiger partial charge in [-0.25, -0.2) is 4.52 Å². The Morgan fingerprint density at radius 3 is 2.70 bits per heavy atom. The van der Waals surface area contributed by atoms with E-state index >= 15 is 0 Å². The number of fused-ring (bicyclic) bond motifs is 1. The van der Waals surface area contributed by atoms with Gasteiger partial charge in [0, 0.05) is 9.90 Å². The van der Waals surface area contributed by atoms with E-state index in [1.807, 2.05) is 13.8 Å². The molecule has 0 spiro atoms. The van der Waals surface area contributed by atoms with Crippen LogP contribution in [0.15, 0.2) is 24.3 Å². The van der Waals surface area contributed by atoms with Crippen molar-refractivity contribution in [3.8, 4) is 5.75 Å². The van der Waals surface area contributed by atoms with Crippen molar-refractivity contribution in [3.05, 3.63) is 39.9 Å². The monoisotopic (exact) mass is 350 g/mol. The number of halogens is 1. The SMILES string of the molecule is Cc1sc2nc(NC(=O)C(C)Oc3ccc(Cl)cc3)nn2c1C. The van der Waals surface area contributed by atoms with Gasteiger partial charge in [0.2, 0.25) is 4.96 Å². The van der Waals surface area contributed by atoms with Gasteiger partial charge in [-0.1, -0.05) is 22.9 Å². The maximum atomic E-state index is 12.2. The zero-order valence-electron chi connectivity index (χ0n) is 12.8. The van der Waals surface area contributed by atoms with Gasteiger partial charge in [0.1, 0.15) is 5.75 Å². The molecule has 0 fully saturated rings. The first-order valence-electron chi connectivity index (χ1n) is 7.00. The van der Waals surface area contributed by atoms with E-state index in [0.717, 1.165) is 15.5 Å². The lowest BCUT2D eigenvalue weighted by atomic mass is 10.3. The molecule has 1 aromatic carbocycles. The number of hydrogen-bond acceptors (Lipinski definition) is 5. The van der Waals surface area contributed by atoms with Gasteiger partial charge in [-0.2, -0.15) is 4.98 Å². The summed E-state index contributed by atoms with van der Waals surface area (Å²) in [6, 6.07) is 6.83. The molecule has 0 aliphatic carbocycles. The summed E-state index contributed by atoms with van der Waals surface area (Å²) in [5.41, 5.74) is 1.02. The third kappa shape index (κ3) is 3.30. The minimum atomic E-state index is -0.680. The average Bonchev–Trinajstić information content (AvgIpc) is 3.01. The first-order valence-corrected chi connectivity index (χ1v) is 8.19. The number of hydrogen-bond donors (Lipinski definition) is 1. The first-order chi connectivity index (χ1) is 10.9. The molecule has 23 heavy (non-hydrogen) atoms. The Kier molecular flexibility index (Phi) is 4.23. The highest BCUT2D eigenvalue weighted by Crippen LogP contribution is 2.21. The maximum absolute atomic E-state index is 12.2. The predicted molar refractivity (Wildman–Crippen MR) is 90.5 cm³/mol. The van der Waals surface area contributed by atoms with Crippen molar-refractivity contribution < 1.29 is 9.53 Å². The van der Waals surface area contributed by atoms with Crippen LogP contribution in [0.1, 0.15) is 17.5 Å². The topological polar surface area (TPSA) is 68.5 Å². The number of aromatic nitrogens is 3. The number of anilines is 1. The summed E-state index contributed by atoms with van der Waals surface area (Å²) in [6.07, 6.45) is -0.680. The van der Waals surface area contributed by atoms with Crippen LogP contribution in [0.3, 0.4) is 0 Å². The van der Waals surface area contributed by atoms with Crippen LogP contribution in [0.2, 0.25) is 5.02 Å². The molecule has 2 aromatic heterocycles. The maximum Gasteiger partial charge on any atom is 0.267 e. The van der Waals surface area contributed by atoms with E-state index in [0.29, 0.717) is 10.8 Å². The number of rotatable bonds is 4. The van der Waals surface area contributed by atoms with E-state index in [4.69, 9.17) is 16.3 Å². The van der Waals surface area contributed by atoms with Crippen LogP contribution in [-0.2, 0) is 4.79 Å². The predicted octanol–water partition coefficient (Wildman–Crippen LogP) is 3.47. The lowest BCUT2D eigenvalue weighted by Crippen LogP contribution is -2.30. The van der Waals surface area contributed by atoms with Gasteiger partial charge in [-0.15, -0.1) is 5.10 Å². The Hall–Kier alpha value is -2.12. The van der Waals surface area contributed by atoms with Crippen molar-refractivity contribution in [2.24, 2.45) is 0 Å². The fraction of sp³-hybridized carbons (Fsp3) is 0.267. The quantitative estimate of drug-likeness (QED) is 0.782. The van der Waals surface area contributed by atoms with Crippen molar-refractivity contribution >= 4 is 39.8 Å². The Balaban J connectivity index is 1.68. The minimum absolute atomic E-state index is 0.274. The molecule has 1 atom stereocenters. The lowest BCUT2D eigenvalue weighted by molar-refractivity contribution is -0.122. The number of nitrogens with one attached hydrogen (secondary N) is 1. The minimum Gasteiger partial charge on any atom is -0.481 e. The molecule has 120 valence electrons. The summed E-state index contributed by atoms with van der Waals surface area (Å²) in [6.45, 7) is 5.64. The van der Waals surface area contributed by atoms with Gasteiger partial charge in [0.15, 0.2) is 6.10 Å². The molecule has 2 heterocycles. The second-order valence-corrected chi connectivity index (χ2v) is 6.69. The highest BCUT2D eigenvalue weighted by molar-refractivity contribution is 7.17. The van der Waals surface area contributed by atoms with Crippen LogP contribution in [0, 0.1) is 13.8 Å². The van der Waals surface area contributed by atoms with Gasteiger partial charge in [-0.05, 0) is 45.0 Å². The molecule has 6 nitrogen and oxygen atoms in total. The van der Waals surface area contributed by atoms with Crippen LogP contribution in [0.25, 0.3) is 4.96 Å². The molecule has 1 amide bonds. The van der Waals surface area contributed by atoms with Crippen LogP contribution in [0.4, 0.5) is 5.95 Å².